The molecule has 0 radical (unpaired) electrons. The van der Waals surface area contributed by atoms with Gasteiger partial charge in [0.15, 0.2) is 0 Å². The van der Waals surface area contributed by atoms with Crippen molar-refractivity contribution >= 4 is 18.3 Å². The van der Waals surface area contributed by atoms with E-state index in [4.69, 9.17) is 0 Å². The van der Waals surface area contributed by atoms with Crippen LogP contribution in [0.2, 0.25) is 0 Å². The molecular formula is C17H30ClN5O. The number of nitrogens with zero attached hydrogens (tertiary/aromatic N) is 3. The summed E-state index contributed by atoms with van der Waals surface area (Å²) >= 11 is 0. The summed E-state index contributed by atoms with van der Waals surface area (Å²) in [6, 6.07) is 2.21. The molecule has 6 nitrogen and oxygen atoms in total. The van der Waals surface area contributed by atoms with Gasteiger partial charge in [0.05, 0.1) is 6.04 Å². The van der Waals surface area contributed by atoms with Gasteiger partial charge < -0.3 is 15.5 Å². The van der Waals surface area contributed by atoms with Crippen molar-refractivity contribution in [2.75, 3.05) is 39.8 Å². The molecule has 1 amide bonds. The van der Waals surface area contributed by atoms with Gasteiger partial charge in [-0.3, -0.25) is 9.48 Å². The lowest BCUT2D eigenvalue weighted by Crippen LogP contribution is -2.33. The Labute approximate surface area is 150 Å². The van der Waals surface area contributed by atoms with E-state index >= 15 is 0 Å². The molecule has 136 valence electrons. The lowest BCUT2D eigenvalue weighted by molar-refractivity contribution is 0.0942. The quantitative estimate of drug-likeness (QED) is 0.843. The Bertz CT molecular complexity index is 507. The third-order valence-corrected chi connectivity index (χ3v) is 5.16. The second-order valence-corrected chi connectivity index (χ2v) is 6.97. The fraction of sp³-hybridized carbons (Fsp3) is 0.765. The van der Waals surface area contributed by atoms with Crippen LogP contribution in [0, 0.1) is 5.92 Å². The van der Waals surface area contributed by atoms with E-state index < -0.39 is 0 Å². The SMILES string of the molecule is CN1CCC(CCNC(=O)c2ccn(C3CCCNC3)n2)CC1.Cl. The van der Waals surface area contributed by atoms with Crippen molar-refractivity contribution in [3.05, 3.63) is 18.0 Å². The molecule has 24 heavy (non-hydrogen) atoms. The molecule has 0 aliphatic carbocycles. The standard InChI is InChI=1S/C17H29N5O.ClH/c1-21-10-5-14(6-11-21)4-9-19-17(23)16-7-12-22(20-16)15-3-2-8-18-13-15;/h7,12,14-15,18H,2-6,8-11,13H2,1H3,(H,19,23);1H. The number of amides is 1. The van der Waals surface area contributed by atoms with Crippen LogP contribution in [0.3, 0.4) is 0 Å². The van der Waals surface area contributed by atoms with Gasteiger partial charge in [-0.2, -0.15) is 5.10 Å². The molecule has 0 spiro atoms. The molecule has 1 atom stereocenters. The van der Waals surface area contributed by atoms with Crippen LogP contribution in [-0.2, 0) is 0 Å². The summed E-state index contributed by atoms with van der Waals surface area (Å²) in [6.45, 7) is 5.14. The lowest BCUT2D eigenvalue weighted by Gasteiger charge is -2.28. The molecule has 0 bridgehead atoms. The lowest BCUT2D eigenvalue weighted by atomic mass is 9.94. The van der Waals surface area contributed by atoms with Crippen molar-refractivity contribution in [3.63, 3.8) is 0 Å². The predicted molar refractivity (Wildman–Crippen MR) is 97.8 cm³/mol. The van der Waals surface area contributed by atoms with E-state index in [9.17, 15) is 4.79 Å². The summed E-state index contributed by atoms with van der Waals surface area (Å²) in [4.78, 5) is 14.6. The van der Waals surface area contributed by atoms with Crippen LogP contribution in [0.15, 0.2) is 12.3 Å². The first-order valence-electron chi connectivity index (χ1n) is 8.95. The highest BCUT2D eigenvalue weighted by Gasteiger charge is 2.19. The molecule has 0 aromatic carbocycles. The largest absolute Gasteiger partial charge is 0.351 e. The van der Waals surface area contributed by atoms with Crippen LogP contribution in [0.25, 0.3) is 0 Å². The van der Waals surface area contributed by atoms with Crippen LogP contribution in [0.1, 0.15) is 48.6 Å². The van der Waals surface area contributed by atoms with E-state index in [0.717, 1.165) is 38.4 Å². The average Bonchev–Trinajstić information content (AvgIpc) is 3.07. The number of carbonyl (C=O) groups is 1. The van der Waals surface area contributed by atoms with Gasteiger partial charge in [-0.1, -0.05) is 0 Å². The summed E-state index contributed by atoms with van der Waals surface area (Å²) in [7, 11) is 2.18. The summed E-state index contributed by atoms with van der Waals surface area (Å²) in [5, 5.41) is 10.9. The highest BCUT2D eigenvalue weighted by molar-refractivity contribution is 5.92. The molecule has 3 heterocycles. The molecule has 2 fully saturated rings. The number of piperidine rings is 2. The molecular weight excluding hydrogens is 326 g/mol. The molecule has 2 N–H and O–H groups in total. The Morgan fingerprint density at radius 1 is 1.38 bits per heavy atom. The zero-order valence-electron chi connectivity index (χ0n) is 14.5. The molecule has 7 heteroatoms. The van der Waals surface area contributed by atoms with Gasteiger partial charge in [0, 0.05) is 19.3 Å². The monoisotopic (exact) mass is 355 g/mol. The maximum absolute atomic E-state index is 12.2. The minimum atomic E-state index is -0.0413. The summed E-state index contributed by atoms with van der Waals surface area (Å²) in [6.07, 6.45) is 7.80. The Morgan fingerprint density at radius 3 is 2.88 bits per heavy atom. The van der Waals surface area contributed by atoms with E-state index in [-0.39, 0.29) is 18.3 Å². The van der Waals surface area contributed by atoms with Crippen molar-refractivity contribution in [1.82, 2.24) is 25.3 Å². The first kappa shape index (κ1) is 19.2. The number of halogens is 1. The number of likely N-dealkylation sites (tertiary alicyclic amines) is 1. The fourth-order valence-electron chi connectivity index (χ4n) is 3.55. The van der Waals surface area contributed by atoms with E-state index in [1.807, 2.05) is 16.9 Å². The minimum Gasteiger partial charge on any atom is -0.351 e. The first-order valence-corrected chi connectivity index (χ1v) is 8.95. The highest BCUT2D eigenvalue weighted by Crippen LogP contribution is 2.19. The molecule has 1 aromatic rings. The zero-order valence-corrected chi connectivity index (χ0v) is 15.4. The molecule has 1 unspecified atom stereocenters. The maximum atomic E-state index is 12.2. The normalized spacial score (nSPS) is 22.8. The van der Waals surface area contributed by atoms with Gasteiger partial charge in [0.1, 0.15) is 5.69 Å². The van der Waals surface area contributed by atoms with Crippen LogP contribution in [0.5, 0.6) is 0 Å². The van der Waals surface area contributed by atoms with Crippen molar-refractivity contribution < 1.29 is 4.79 Å². The number of rotatable bonds is 5. The minimum absolute atomic E-state index is 0. The van der Waals surface area contributed by atoms with Crippen LogP contribution < -0.4 is 10.6 Å². The van der Waals surface area contributed by atoms with Crippen LogP contribution in [0.4, 0.5) is 0 Å². The van der Waals surface area contributed by atoms with Crippen molar-refractivity contribution in [2.45, 2.75) is 38.1 Å². The number of hydrogen-bond donors (Lipinski definition) is 2. The molecule has 3 rings (SSSR count). The smallest absolute Gasteiger partial charge is 0.271 e. The summed E-state index contributed by atoms with van der Waals surface area (Å²) in [5.41, 5.74) is 0.541. The van der Waals surface area contributed by atoms with Crippen molar-refractivity contribution in [2.24, 2.45) is 5.92 Å². The number of aromatic nitrogens is 2. The summed E-state index contributed by atoms with van der Waals surface area (Å²) in [5.74, 6) is 0.706. The number of carbonyl (C=O) groups excluding carboxylic acids is 1. The topological polar surface area (TPSA) is 62.2 Å². The molecule has 2 aliphatic rings. The summed E-state index contributed by atoms with van der Waals surface area (Å²) < 4.78 is 1.94. The fourth-order valence-corrected chi connectivity index (χ4v) is 3.55. The van der Waals surface area contributed by atoms with Crippen LogP contribution in [-0.4, -0.2) is 60.4 Å². The van der Waals surface area contributed by atoms with Gasteiger partial charge in [-0.15, -0.1) is 12.4 Å². The Hall–Kier alpha value is -1.11. The van der Waals surface area contributed by atoms with E-state index in [1.54, 1.807) is 0 Å². The van der Waals surface area contributed by atoms with Gasteiger partial charge in [-0.25, -0.2) is 0 Å². The molecule has 0 saturated carbocycles. The average molecular weight is 356 g/mol. The second-order valence-electron chi connectivity index (χ2n) is 6.97. The Kier molecular flexibility index (Phi) is 7.52. The third kappa shape index (κ3) is 5.19. The van der Waals surface area contributed by atoms with Crippen LogP contribution >= 0.6 is 12.4 Å². The molecule has 2 aliphatic heterocycles. The third-order valence-electron chi connectivity index (χ3n) is 5.16. The first-order chi connectivity index (χ1) is 11.2. The van der Waals surface area contributed by atoms with Gasteiger partial charge in [0.2, 0.25) is 0 Å². The Balaban J connectivity index is 0.00000208. The molecule has 1 aromatic heterocycles. The number of nitrogens with one attached hydrogen (secondary N) is 2. The van der Waals surface area contributed by atoms with Crippen molar-refractivity contribution in [3.8, 4) is 0 Å². The van der Waals surface area contributed by atoms with Gasteiger partial charge in [-0.05, 0) is 70.8 Å². The predicted octanol–water partition coefficient (Wildman–Crippen LogP) is 1.69. The second kappa shape index (κ2) is 9.39. The van der Waals surface area contributed by atoms with E-state index in [1.165, 1.54) is 32.4 Å². The molecule has 2 saturated heterocycles. The maximum Gasteiger partial charge on any atom is 0.271 e. The van der Waals surface area contributed by atoms with E-state index in [2.05, 4.69) is 27.7 Å². The Morgan fingerprint density at radius 2 is 2.17 bits per heavy atom. The van der Waals surface area contributed by atoms with Gasteiger partial charge in [0.25, 0.3) is 5.91 Å². The van der Waals surface area contributed by atoms with Gasteiger partial charge >= 0.3 is 0 Å². The number of hydrogen-bond acceptors (Lipinski definition) is 4. The van der Waals surface area contributed by atoms with Crippen molar-refractivity contribution in [1.29, 1.82) is 0 Å². The highest BCUT2D eigenvalue weighted by atomic mass is 35.5. The van der Waals surface area contributed by atoms with E-state index in [0.29, 0.717) is 11.7 Å². The zero-order chi connectivity index (χ0) is 16.1.